The second-order valence-corrected chi connectivity index (χ2v) is 8.89. The highest BCUT2D eigenvalue weighted by atomic mass is 19.1. The van der Waals surface area contributed by atoms with Gasteiger partial charge in [0.2, 0.25) is 5.91 Å². The van der Waals surface area contributed by atoms with Crippen molar-refractivity contribution in [3.63, 3.8) is 0 Å². The number of amides is 1. The fourth-order valence-electron chi connectivity index (χ4n) is 4.05. The van der Waals surface area contributed by atoms with Gasteiger partial charge in [-0.2, -0.15) is 14.4 Å². The molecular weight excluding hydrogens is 453 g/mol. The van der Waals surface area contributed by atoms with E-state index in [2.05, 4.69) is 33.1 Å². The Morgan fingerprint density at radius 2 is 2.00 bits per heavy atom. The van der Waals surface area contributed by atoms with E-state index in [1.165, 1.54) is 6.33 Å². The van der Waals surface area contributed by atoms with Gasteiger partial charge in [-0.3, -0.25) is 14.2 Å². The van der Waals surface area contributed by atoms with Crippen molar-refractivity contribution in [3.05, 3.63) is 12.4 Å². The number of halogens is 1. The Morgan fingerprint density at radius 1 is 1.23 bits per heavy atom. The number of nitrogens with one attached hydrogen (secondary N) is 1. The van der Waals surface area contributed by atoms with E-state index in [0.717, 1.165) is 44.9 Å². The largest absolute Gasteiger partial charge is 0.462 e. The molecule has 3 heterocycles. The molecule has 3 rings (SSSR count). The number of carbonyl (C=O) groups excluding carboxylic acids is 2. The maximum Gasteiger partial charge on any atom is 0.312 e. The van der Waals surface area contributed by atoms with Crippen molar-refractivity contribution in [1.29, 1.82) is 0 Å². The molecule has 1 aliphatic rings. The van der Waals surface area contributed by atoms with Gasteiger partial charge in [-0.15, -0.1) is 6.42 Å². The van der Waals surface area contributed by atoms with Crippen LogP contribution in [0.25, 0.3) is 11.2 Å². The monoisotopic (exact) mass is 487 g/mol. The third-order valence-electron chi connectivity index (χ3n) is 6.09. The predicted octanol–water partition coefficient (Wildman–Crippen LogP) is 4.68. The van der Waals surface area contributed by atoms with Crippen molar-refractivity contribution in [2.24, 2.45) is 0 Å². The van der Waals surface area contributed by atoms with Gasteiger partial charge >= 0.3 is 12.0 Å². The number of hydrogen-bond acceptors (Lipinski definition) is 7. The fraction of sp³-hybridized carbons (Fsp3) is 0.640. The molecule has 0 aliphatic carbocycles. The van der Waals surface area contributed by atoms with Crippen molar-refractivity contribution in [2.45, 2.75) is 96.3 Å². The van der Waals surface area contributed by atoms with Gasteiger partial charge in [0.1, 0.15) is 12.8 Å². The lowest BCUT2D eigenvalue weighted by Gasteiger charge is -2.23. The van der Waals surface area contributed by atoms with Crippen LogP contribution in [-0.4, -0.2) is 43.6 Å². The van der Waals surface area contributed by atoms with E-state index >= 15 is 0 Å². The second kappa shape index (κ2) is 12.6. The zero-order valence-electron chi connectivity index (χ0n) is 20.5. The first-order valence-corrected chi connectivity index (χ1v) is 12.4. The molecule has 2 aromatic heterocycles. The van der Waals surface area contributed by atoms with Gasteiger partial charge in [0, 0.05) is 12.8 Å². The molecule has 1 amide bonds. The van der Waals surface area contributed by atoms with E-state index in [4.69, 9.17) is 15.9 Å². The third kappa shape index (κ3) is 6.98. The van der Waals surface area contributed by atoms with Gasteiger partial charge in [0.15, 0.2) is 22.6 Å². The van der Waals surface area contributed by atoms with Gasteiger partial charge in [-0.05, 0) is 25.7 Å². The van der Waals surface area contributed by atoms with Crippen molar-refractivity contribution in [3.8, 4) is 12.3 Å². The molecule has 35 heavy (non-hydrogen) atoms. The molecular formula is C25H34FN5O4. The Kier molecular flexibility index (Phi) is 9.55. The quantitative estimate of drug-likeness (QED) is 0.189. The molecule has 2 unspecified atom stereocenters. The van der Waals surface area contributed by atoms with Crippen LogP contribution >= 0.6 is 0 Å². The smallest absolute Gasteiger partial charge is 0.312 e. The standard InChI is InChI=1S/C25H34FN5O4/c1-4-7-9-10-11-12-18(32)28-22-21-23(30-24(26)29-22)31(17-27-21)19-14-15-25(6-3,35-19)16-34-20(33)13-8-5-2/h3,17,19H,4-5,7-16H2,1-2H3,(H,28,29,30,32). The lowest BCUT2D eigenvalue weighted by molar-refractivity contribution is -0.152. The van der Waals surface area contributed by atoms with Gasteiger partial charge in [-0.1, -0.05) is 51.9 Å². The van der Waals surface area contributed by atoms with E-state index in [0.29, 0.717) is 25.7 Å². The minimum atomic E-state index is -1.08. The molecule has 2 atom stereocenters. The lowest BCUT2D eigenvalue weighted by Crippen LogP contribution is -2.34. The summed E-state index contributed by atoms with van der Waals surface area (Å²) in [5.74, 6) is 2.07. The number of nitrogens with zero attached hydrogens (tertiary/aromatic N) is 4. The number of carbonyl (C=O) groups is 2. The number of aromatic nitrogens is 4. The summed E-state index contributed by atoms with van der Waals surface area (Å²) in [6.07, 6.45) is 13.9. The average molecular weight is 488 g/mol. The first-order valence-electron chi connectivity index (χ1n) is 12.4. The Labute approximate surface area is 205 Å². The second-order valence-electron chi connectivity index (χ2n) is 8.89. The Bertz CT molecular complexity index is 1070. The number of hydrogen-bond donors (Lipinski definition) is 1. The van der Waals surface area contributed by atoms with Crippen molar-refractivity contribution >= 4 is 28.9 Å². The van der Waals surface area contributed by atoms with Crippen LogP contribution in [0.1, 0.15) is 90.7 Å². The van der Waals surface area contributed by atoms with Crippen molar-refractivity contribution < 1.29 is 23.5 Å². The van der Waals surface area contributed by atoms with Crippen LogP contribution in [0.15, 0.2) is 6.33 Å². The highest BCUT2D eigenvalue weighted by Gasteiger charge is 2.41. The first kappa shape index (κ1) is 26.5. The van der Waals surface area contributed by atoms with Crippen LogP contribution in [0.4, 0.5) is 10.2 Å². The molecule has 10 heteroatoms. The van der Waals surface area contributed by atoms with Crippen LogP contribution < -0.4 is 5.32 Å². The van der Waals surface area contributed by atoms with Crippen molar-refractivity contribution in [2.75, 3.05) is 11.9 Å². The van der Waals surface area contributed by atoms with Gasteiger partial charge in [-0.25, -0.2) is 4.98 Å². The third-order valence-corrected chi connectivity index (χ3v) is 6.09. The molecule has 9 nitrogen and oxygen atoms in total. The van der Waals surface area contributed by atoms with E-state index in [1.54, 1.807) is 4.57 Å². The zero-order valence-corrected chi connectivity index (χ0v) is 20.5. The van der Waals surface area contributed by atoms with Crippen LogP contribution in [0.2, 0.25) is 0 Å². The summed E-state index contributed by atoms with van der Waals surface area (Å²) in [5, 5.41) is 2.66. The summed E-state index contributed by atoms with van der Waals surface area (Å²) < 4.78 is 27.3. The van der Waals surface area contributed by atoms with Gasteiger partial charge in [0.05, 0.1) is 6.33 Å². The van der Waals surface area contributed by atoms with Gasteiger partial charge < -0.3 is 14.8 Å². The molecule has 1 N–H and O–H groups in total. The number of terminal acetylenes is 1. The average Bonchev–Trinajstić information content (AvgIpc) is 3.46. The number of ether oxygens (including phenoxy) is 2. The number of rotatable bonds is 13. The molecule has 0 saturated carbocycles. The van der Waals surface area contributed by atoms with Crippen LogP contribution in [0.3, 0.4) is 0 Å². The number of anilines is 1. The Balaban J connectivity index is 1.68. The Morgan fingerprint density at radius 3 is 2.74 bits per heavy atom. The number of unbranched alkanes of at least 4 members (excludes halogenated alkanes) is 5. The van der Waals surface area contributed by atoms with Crippen LogP contribution in [0.5, 0.6) is 0 Å². The fourth-order valence-corrected chi connectivity index (χ4v) is 4.05. The van der Waals surface area contributed by atoms with Crippen LogP contribution in [-0.2, 0) is 19.1 Å². The summed E-state index contributed by atoms with van der Waals surface area (Å²) in [6.45, 7) is 4.07. The molecule has 0 aromatic carbocycles. The lowest BCUT2D eigenvalue weighted by atomic mass is 10.0. The number of esters is 1. The molecule has 2 aromatic rings. The zero-order chi connectivity index (χ0) is 25.3. The van der Waals surface area contributed by atoms with E-state index in [1.807, 2.05) is 6.92 Å². The summed E-state index contributed by atoms with van der Waals surface area (Å²) in [6, 6.07) is 0. The molecule has 1 fully saturated rings. The SMILES string of the molecule is C#CC1(COC(=O)CCCC)CCC(n2cnc3c(NC(=O)CCCCCCC)nc(F)nc32)O1. The minimum absolute atomic E-state index is 0.0240. The van der Waals surface area contributed by atoms with Crippen molar-refractivity contribution in [1.82, 2.24) is 19.5 Å². The number of imidazole rings is 1. The predicted molar refractivity (Wildman–Crippen MR) is 129 cm³/mol. The topological polar surface area (TPSA) is 108 Å². The first-order chi connectivity index (χ1) is 16.9. The molecule has 0 radical (unpaired) electrons. The maximum atomic E-state index is 14.3. The summed E-state index contributed by atoms with van der Waals surface area (Å²) in [4.78, 5) is 36.2. The van der Waals surface area contributed by atoms with E-state index < -0.39 is 17.9 Å². The number of fused-ring (bicyclic) bond motifs is 1. The summed E-state index contributed by atoms with van der Waals surface area (Å²) in [5.41, 5.74) is -0.629. The summed E-state index contributed by atoms with van der Waals surface area (Å²) >= 11 is 0. The normalized spacial score (nSPS) is 19.5. The molecule has 0 bridgehead atoms. The molecule has 190 valence electrons. The molecule has 1 aliphatic heterocycles. The van der Waals surface area contributed by atoms with Gasteiger partial charge in [0.25, 0.3) is 0 Å². The maximum absolute atomic E-state index is 14.3. The highest BCUT2D eigenvalue weighted by Crippen LogP contribution is 2.38. The molecule has 0 spiro atoms. The van der Waals surface area contributed by atoms with E-state index in [9.17, 15) is 14.0 Å². The van der Waals surface area contributed by atoms with Crippen LogP contribution in [0, 0.1) is 18.4 Å². The van der Waals surface area contributed by atoms with E-state index in [-0.39, 0.29) is 35.5 Å². The highest BCUT2D eigenvalue weighted by molar-refractivity contribution is 5.96. The molecule has 1 saturated heterocycles. The summed E-state index contributed by atoms with van der Waals surface area (Å²) in [7, 11) is 0. The Hall–Kier alpha value is -3.06. The minimum Gasteiger partial charge on any atom is -0.462 e.